The average molecular weight is 250 g/mol. The molecule has 2 saturated carbocycles. The minimum absolute atomic E-state index is 0.0350. The summed E-state index contributed by atoms with van der Waals surface area (Å²) in [7, 11) is 0. The van der Waals surface area contributed by atoms with Crippen molar-refractivity contribution in [3.05, 3.63) is 0 Å². The molecule has 0 aromatic rings. The highest BCUT2D eigenvalue weighted by Crippen LogP contribution is 2.64. The number of esters is 1. The Balaban J connectivity index is 2.00. The van der Waals surface area contributed by atoms with E-state index in [1.54, 1.807) is 0 Å². The molecular weight excluding hydrogens is 224 g/mol. The van der Waals surface area contributed by atoms with E-state index in [0.717, 1.165) is 12.3 Å². The van der Waals surface area contributed by atoms with Gasteiger partial charge in [-0.05, 0) is 49.4 Å². The molecule has 0 spiro atoms. The molecule has 0 aromatic heterocycles. The van der Waals surface area contributed by atoms with Crippen molar-refractivity contribution in [2.45, 2.75) is 71.8 Å². The van der Waals surface area contributed by atoms with E-state index in [1.165, 1.54) is 25.7 Å². The van der Waals surface area contributed by atoms with Gasteiger partial charge >= 0.3 is 5.97 Å². The van der Waals surface area contributed by atoms with E-state index >= 15 is 0 Å². The molecule has 2 nitrogen and oxygen atoms in total. The quantitative estimate of drug-likeness (QED) is 0.609. The van der Waals surface area contributed by atoms with Gasteiger partial charge < -0.3 is 4.74 Å². The largest absolute Gasteiger partial charge is 0.459 e. The fourth-order valence-corrected chi connectivity index (χ4v) is 5.65. The van der Waals surface area contributed by atoms with E-state index < -0.39 is 0 Å². The van der Waals surface area contributed by atoms with Gasteiger partial charge in [-0.3, -0.25) is 4.79 Å². The van der Waals surface area contributed by atoms with Gasteiger partial charge in [-0.15, -0.1) is 0 Å². The van der Waals surface area contributed by atoms with Crippen molar-refractivity contribution in [3.8, 4) is 0 Å². The predicted octanol–water partition coefficient (Wildman–Crippen LogP) is 3.93. The summed E-state index contributed by atoms with van der Waals surface area (Å²) in [5, 5.41) is 0. The summed E-state index contributed by atoms with van der Waals surface area (Å²) < 4.78 is 5.70. The summed E-state index contributed by atoms with van der Waals surface area (Å²) in [4.78, 5) is 11.8. The Labute approximate surface area is 110 Å². The van der Waals surface area contributed by atoms with E-state index in [2.05, 4.69) is 27.7 Å². The summed E-state index contributed by atoms with van der Waals surface area (Å²) in [6.45, 7) is 9.46. The molecule has 2 aliphatic carbocycles. The van der Waals surface area contributed by atoms with Crippen molar-refractivity contribution in [1.29, 1.82) is 0 Å². The zero-order chi connectivity index (χ0) is 13.2. The van der Waals surface area contributed by atoms with Gasteiger partial charge in [0.25, 0.3) is 0 Å². The standard InChI is InChI=1S/C16H26O2/c1-14(2)7-5-8-15(3)11(14)6-9-16(4)12(15)10-13(17)18-16/h11-12H,5-10H2,1-4H3/t11?,12?,15?,16-/m1/s1. The fourth-order valence-electron chi connectivity index (χ4n) is 5.65. The molecule has 1 saturated heterocycles. The van der Waals surface area contributed by atoms with E-state index in [0.29, 0.717) is 23.2 Å². The SMILES string of the molecule is CC1(C)CCCC2(C)C1CC[C@@]1(C)OC(=O)CC21. The maximum atomic E-state index is 11.8. The lowest BCUT2D eigenvalue weighted by Gasteiger charge is -2.59. The van der Waals surface area contributed by atoms with Gasteiger partial charge in [0, 0.05) is 5.92 Å². The van der Waals surface area contributed by atoms with Crippen molar-refractivity contribution < 1.29 is 9.53 Å². The molecule has 2 heteroatoms. The molecular formula is C16H26O2. The van der Waals surface area contributed by atoms with Crippen LogP contribution in [0.1, 0.15) is 66.2 Å². The molecule has 1 heterocycles. The van der Waals surface area contributed by atoms with Gasteiger partial charge in [0.2, 0.25) is 0 Å². The lowest BCUT2D eigenvalue weighted by atomic mass is 9.45. The highest BCUT2D eigenvalue weighted by molar-refractivity contribution is 5.73. The summed E-state index contributed by atoms with van der Waals surface area (Å²) >= 11 is 0. The third-order valence-electron chi connectivity index (χ3n) is 6.46. The second-order valence-corrected chi connectivity index (χ2v) is 7.98. The van der Waals surface area contributed by atoms with Crippen molar-refractivity contribution >= 4 is 5.97 Å². The Hall–Kier alpha value is -0.530. The summed E-state index contributed by atoms with van der Waals surface area (Å²) in [6.07, 6.45) is 6.86. The van der Waals surface area contributed by atoms with E-state index in [4.69, 9.17) is 4.74 Å². The Morgan fingerprint density at radius 3 is 2.50 bits per heavy atom. The van der Waals surface area contributed by atoms with Crippen LogP contribution in [0.2, 0.25) is 0 Å². The number of fused-ring (bicyclic) bond motifs is 3. The zero-order valence-electron chi connectivity index (χ0n) is 12.2. The van der Waals surface area contributed by atoms with Gasteiger partial charge in [-0.2, -0.15) is 0 Å². The number of hydrogen-bond acceptors (Lipinski definition) is 2. The van der Waals surface area contributed by atoms with Crippen LogP contribution in [0.3, 0.4) is 0 Å². The number of carbonyl (C=O) groups is 1. The molecule has 102 valence electrons. The molecule has 0 N–H and O–H groups in total. The molecule has 0 bridgehead atoms. The van der Waals surface area contributed by atoms with Gasteiger partial charge in [0.05, 0.1) is 6.42 Å². The molecule has 0 aromatic carbocycles. The second-order valence-electron chi connectivity index (χ2n) is 7.98. The highest BCUT2D eigenvalue weighted by atomic mass is 16.6. The second kappa shape index (κ2) is 3.52. The third-order valence-corrected chi connectivity index (χ3v) is 6.46. The van der Waals surface area contributed by atoms with Gasteiger partial charge in [-0.25, -0.2) is 0 Å². The smallest absolute Gasteiger partial charge is 0.306 e. The molecule has 4 atom stereocenters. The Kier molecular flexibility index (Phi) is 2.44. The van der Waals surface area contributed by atoms with Crippen LogP contribution in [-0.4, -0.2) is 11.6 Å². The van der Waals surface area contributed by atoms with Crippen molar-refractivity contribution in [1.82, 2.24) is 0 Å². The van der Waals surface area contributed by atoms with Gasteiger partial charge in [0.15, 0.2) is 0 Å². The summed E-state index contributed by atoms with van der Waals surface area (Å²) in [5.41, 5.74) is 0.566. The van der Waals surface area contributed by atoms with Crippen LogP contribution >= 0.6 is 0 Å². The molecule has 18 heavy (non-hydrogen) atoms. The third kappa shape index (κ3) is 1.50. The van der Waals surface area contributed by atoms with Crippen LogP contribution in [0.25, 0.3) is 0 Å². The van der Waals surface area contributed by atoms with Gasteiger partial charge in [0.1, 0.15) is 5.60 Å². The molecule has 1 aliphatic heterocycles. The maximum absolute atomic E-state index is 11.8. The molecule has 0 amide bonds. The first-order valence-corrected chi connectivity index (χ1v) is 7.50. The normalized spacial score (nSPS) is 50.3. The summed E-state index contributed by atoms with van der Waals surface area (Å²) in [6, 6.07) is 0. The summed E-state index contributed by atoms with van der Waals surface area (Å²) in [5.74, 6) is 1.23. The van der Waals surface area contributed by atoms with Crippen molar-refractivity contribution in [3.63, 3.8) is 0 Å². The molecule has 3 aliphatic rings. The number of rotatable bonds is 0. The maximum Gasteiger partial charge on any atom is 0.306 e. The minimum atomic E-state index is -0.171. The van der Waals surface area contributed by atoms with Crippen LogP contribution < -0.4 is 0 Å². The monoisotopic (exact) mass is 250 g/mol. The Bertz CT molecular complexity index is 387. The van der Waals surface area contributed by atoms with Crippen LogP contribution in [0.15, 0.2) is 0 Å². The van der Waals surface area contributed by atoms with Crippen LogP contribution in [0.4, 0.5) is 0 Å². The van der Waals surface area contributed by atoms with Crippen LogP contribution in [-0.2, 0) is 9.53 Å². The number of carbonyl (C=O) groups excluding carboxylic acids is 1. The van der Waals surface area contributed by atoms with Crippen molar-refractivity contribution in [2.75, 3.05) is 0 Å². The zero-order valence-corrected chi connectivity index (χ0v) is 12.2. The average Bonchev–Trinajstić information content (AvgIpc) is 2.53. The van der Waals surface area contributed by atoms with E-state index in [-0.39, 0.29) is 11.6 Å². The molecule has 3 unspecified atom stereocenters. The minimum Gasteiger partial charge on any atom is -0.459 e. The highest BCUT2D eigenvalue weighted by Gasteiger charge is 2.62. The first-order valence-electron chi connectivity index (χ1n) is 7.50. The Morgan fingerprint density at radius 2 is 1.78 bits per heavy atom. The predicted molar refractivity (Wildman–Crippen MR) is 71.1 cm³/mol. The number of ether oxygens (including phenoxy) is 1. The lowest BCUT2D eigenvalue weighted by molar-refractivity contribution is -0.164. The number of hydrogen-bond donors (Lipinski definition) is 0. The van der Waals surface area contributed by atoms with Crippen LogP contribution in [0, 0.1) is 22.7 Å². The topological polar surface area (TPSA) is 26.3 Å². The lowest BCUT2D eigenvalue weighted by Crippen LogP contribution is -2.55. The van der Waals surface area contributed by atoms with Crippen LogP contribution in [0.5, 0.6) is 0 Å². The molecule has 3 rings (SSSR count). The molecule has 3 fully saturated rings. The fraction of sp³-hybridized carbons (Fsp3) is 0.938. The van der Waals surface area contributed by atoms with Crippen molar-refractivity contribution in [2.24, 2.45) is 22.7 Å². The first kappa shape index (κ1) is 12.5. The van der Waals surface area contributed by atoms with E-state index in [9.17, 15) is 4.79 Å². The van der Waals surface area contributed by atoms with Gasteiger partial charge in [-0.1, -0.05) is 27.2 Å². The first-order chi connectivity index (χ1) is 8.28. The molecule has 0 radical (unpaired) electrons. The van der Waals surface area contributed by atoms with E-state index in [1.807, 2.05) is 0 Å². The Morgan fingerprint density at radius 1 is 1.06 bits per heavy atom.